The molecule has 1 rings (SSSR count). The molecule has 0 aliphatic rings. The van der Waals surface area contributed by atoms with E-state index in [2.05, 4.69) is 39.7 Å². The van der Waals surface area contributed by atoms with Gasteiger partial charge in [-0.25, -0.2) is 0 Å². The van der Waals surface area contributed by atoms with Crippen LogP contribution in [0.2, 0.25) is 0 Å². The number of hydrogen-bond acceptors (Lipinski definition) is 1. The van der Waals surface area contributed by atoms with Crippen LogP contribution in [0.25, 0.3) is 0 Å². The van der Waals surface area contributed by atoms with Gasteiger partial charge in [-0.3, -0.25) is 0 Å². The van der Waals surface area contributed by atoms with Crippen LogP contribution < -0.4 is 9.64 Å². The van der Waals surface area contributed by atoms with Gasteiger partial charge >= 0.3 is 0 Å². The van der Waals surface area contributed by atoms with Crippen LogP contribution in [-0.4, -0.2) is 27.7 Å². The molecule has 0 aliphatic carbocycles. The van der Waals surface area contributed by atoms with Crippen molar-refractivity contribution in [1.82, 2.24) is 0 Å². The van der Waals surface area contributed by atoms with Crippen molar-refractivity contribution in [2.45, 2.75) is 12.8 Å². The fourth-order valence-corrected chi connectivity index (χ4v) is 2.32. The summed E-state index contributed by atoms with van der Waals surface area (Å²) in [6.07, 6.45) is 2.04. The molecule has 0 bridgehead atoms. The van der Waals surface area contributed by atoms with Crippen molar-refractivity contribution >= 4 is 0 Å². The van der Waals surface area contributed by atoms with Gasteiger partial charge in [-0.15, -0.1) is 6.58 Å². The minimum Gasteiger partial charge on any atom is -0.497 e. The summed E-state index contributed by atoms with van der Waals surface area (Å²) < 4.78 is 5.27. The highest BCUT2D eigenvalue weighted by atomic mass is 16.5. The molecule has 0 amide bonds. The molecule has 2 atom stereocenters. The summed E-state index contributed by atoms with van der Waals surface area (Å²) >= 11 is 0. The monoisotopic (exact) mass is 234 g/mol. The topological polar surface area (TPSA) is 13.7 Å². The van der Waals surface area contributed by atoms with Gasteiger partial charge in [0.05, 0.1) is 27.7 Å². The summed E-state index contributed by atoms with van der Waals surface area (Å²) in [6, 6.07) is 8.27. The van der Waals surface area contributed by atoms with Crippen LogP contribution in [0.4, 0.5) is 0 Å². The van der Waals surface area contributed by atoms with E-state index < -0.39 is 0 Å². The third kappa shape index (κ3) is 3.90. The lowest BCUT2D eigenvalue weighted by atomic mass is 9.87. The molecule has 1 aromatic carbocycles. The largest absolute Gasteiger partial charge is 0.497 e. The van der Waals surface area contributed by atoms with Crippen molar-refractivity contribution < 1.29 is 9.64 Å². The smallest absolute Gasteiger partial charge is 0.119 e. The van der Waals surface area contributed by atoms with Crippen molar-refractivity contribution in [3.05, 3.63) is 42.5 Å². The van der Waals surface area contributed by atoms with Crippen molar-refractivity contribution in [1.29, 1.82) is 0 Å². The predicted molar refractivity (Wildman–Crippen MR) is 72.8 cm³/mol. The second kappa shape index (κ2) is 6.45. The molecule has 0 fully saturated rings. The number of rotatable bonds is 6. The van der Waals surface area contributed by atoms with Gasteiger partial charge in [-0.2, -0.15) is 0 Å². The van der Waals surface area contributed by atoms with Gasteiger partial charge < -0.3 is 9.64 Å². The van der Waals surface area contributed by atoms with Gasteiger partial charge in [0, 0.05) is 11.8 Å². The number of ether oxygens (including phenoxy) is 1. The normalized spacial score (nSPS) is 14.4. The maximum atomic E-state index is 5.27. The fraction of sp³-hybridized carbons (Fsp3) is 0.467. The number of quaternary nitrogens is 1. The summed E-state index contributed by atoms with van der Waals surface area (Å²) in [6.45, 7) is 7.38. The number of hydrogen-bond donors (Lipinski definition) is 1. The van der Waals surface area contributed by atoms with Gasteiger partial charge in [0.25, 0.3) is 0 Å². The lowest BCUT2D eigenvalue weighted by Gasteiger charge is -2.22. The highest BCUT2D eigenvalue weighted by Gasteiger charge is 2.18. The first kappa shape index (κ1) is 13.8. The Hall–Kier alpha value is -1.28. The van der Waals surface area contributed by atoms with Gasteiger partial charge in [0.2, 0.25) is 0 Å². The number of nitrogens with one attached hydrogen (secondary N) is 1. The van der Waals surface area contributed by atoms with Crippen molar-refractivity contribution in [3.63, 3.8) is 0 Å². The Labute approximate surface area is 105 Å². The van der Waals surface area contributed by atoms with Crippen LogP contribution in [0.5, 0.6) is 5.75 Å². The minimum absolute atomic E-state index is 0.389. The Kier molecular flexibility index (Phi) is 5.23. The maximum absolute atomic E-state index is 5.27. The van der Waals surface area contributed by atoms with Crippen molar-refractivity contribution in [3.8, 4) is 5.75 Å². The Bertz CT molecular complexity index is 360. The number of methoxy groups -OCH3 is 1. The predicted octanol–water partition coefficient (Wildman–Crippen LogP) is 1.75. The van der Waals surface area contributed by atoms with E-state index in [-0.39, 0.29) is 0 Å². The molecule has 0 aromatic heterocycles. The van der Waals surface area contributed by atoms with Gasteiger partial charge in [0.1, 0.15) is 5.75 Å². The van der Waals surface area contributed by atoms with Crippen LogP contribution in [0, 0.1) is 5.92 Å². The summed E-state index contributed by atoms with van der Waals surface area (Å²) in [7, 11) is 6.07. The molecule has 0 saturated heterocycles. The van der Waals surface area contributed by atoms with Crippen LogP contribution in [-0.2, 0) is 0 Å². The second-order valence-corrected chi connectivity index (χ2v) is 4.93. The van der Waals surface area contributed by atoms with Gasteiger partial charge in [-0.05, 0) is 17.7 Å². The first-order chi connectivity index (χ1) is 8.08. The molecule has 0 radical (unpaired) electrons. The Morgan fingerprint density at radius 1 is 1.41 bits per heavy atom. The fourth-order valence-electron chi connectivity index (χ4n) is 2.32. The van der Waals surface area contributed by atoms with E-state index in [1.807, 2.05) is 18.2 Å². The molecule has 94 valence electrons. The second-order valence-electron chi connectivity index (χ2n) is 4.93. The Morgan fingerprint density at radius 3 is 2.65 bits per heavy atom. The number of allylic oxidation sites excluding steroid dienone is 1. The maximum Gasteiger partial charge on any atom is 0.119 e. The zero-order valence-electron chi connectivity index (χ0n) is 11.4. The van der Waals surface area contributed by atoms with Crippen molar-refractivity contribution in [2.75, 3.05) is 27.7 Å². The quantitative estimate of drug-likeness (QED) is 0.740. The first-order valence-electron chi connectivity index (χ1n) is 6.14. The molecule has 0 unspecified atom stereocenters. The Morgan fingerprint density at radius 2 is 2.12 bits per heavy atom. The van der Waals surface area contributed by atoms with Crippen molar-refractivity contribution in [2.24, 2.45) is 5.92 Å². The number of benzene rings is 1. The zero-order chi connectivity index (χ0) is 12.8. The van der Waals surface area contributed by atoms with Crippen LogP contribution in [0.15, 0.2) is 36.9 Å². The lowest BCUT2D eigenvalue weighted by molar-refractivity contribution is -0.862. The molecule has 0 spiro atoms. The van der Waals surface area contributed by atoms with E-state index in [1.54, 1.807) is 7.11 Å². The molecule has 0 aliphatic heterocycles. The lowest BCUT2D eigenvalue weighted by Crippen LogP contribution is -3.06. The molecular formula is C15H24NO+. The Balaban J connectivity index is 2.88. The molecule has 2 nitrogen and oxygen atoms in total. The van der Waals surface area contributed by atoms with Crippen LogP contribution in [0.3, 0.4) is 0 Å². The molecule has 0 heterocycles. The average molecular weight is 234 g/mol. The third-order valence-electron chi connectivity index (χ3n) is 3.08. The zero-order valence-corrected chi connectivity index (χ0v) is 11.4. The summed E-state index contributed by atoms with van der Waals surface area (Å²) in [5, 5.41) is 0. The van der Waals surface area contributed by atoms with Crippen LogP contribution in [0.1, 0.15) is 18.4 Å². The van der Waals surface area contributed by atoms with Gasteiger partial charge in [0.15, 0.2) is 0 Å². The molecule has 1 aromatic rings. The summed E-state index contributed by atoms with van der Waals surface area (Å²) in [5.74, 6) is 1.88. The molecule has 17 heavy (non-hydrogen) atoms. The van der Waals surface area contributed by atoms with Gasteiger partial charge in [-0.1, -0.05) is 25.1 Å². The van der Waals surface area contributed by atoms with E-state index in [0.29, 0.717) is 11.8 Å². The third-order valence-corrected chi connectivity index (χ3v) is 3.08. The minimum atomic E-state index is 0.389. The standard InChI is InChI=1S/C15H23NO/c1-6-15(12(2)11-16(3)4)13-8-7-9-14(10-13)17-5/h6-10,12,15H,1,11H2,2-5H3/p+1/t12-,15+/m1/s1. The highest BCUT2D eigenvalue weighted by Crippen LogP contribution is 2.27. The SMILES string of the molecule is C=C[C@H](c1cccc(OC)c1)[C@H](C)C[NH+](C)C. The molecular weight excluding hydrogens is 210 g/mol. The van der Waals surface area contributed by atoms with E-state index in [4.69, 9.17) is 4.74 Å². The summed E-state index contributed by atoms with van der Waals surface area (Å²) in [4.78, 5) is 1.47. The van der Waals surface area contributed by atoms with E-state index >= 15 is 0 Å². The molecule has 1 N–H and O–H groups in total. The van der Waals surface area contributed by atoms with E-state index in [9.17, 15) is 0 Å². The van der Waals surface area contributed by atoms with E-state index in [0.717, 1.165) is 12.3 Å². The van der Waals surface area contributed by atoms with E-state index in [1.165, 1.54) is 10.5 Å². The molecule has 2 heteroatoms. The molecule has 0 saturated carbocycles. The van der Waals surface area contributed by atoms with Crippen LogP contribution >= 0.6 is 0 Å². The first-order valence-corrected chi connectivity index (χ1v) is 6.14. The average Bonchev–Trinajstić information content (AvgIpc) is 2.29. The summed E-state index contributed by atoms with van der Waals surface area (Å²) in [5.41, 5.74) is 1.29. The highest BCUT2D eigenvalue weighted by molar-refractivity contribution is 5.33.